The third kappa shape index (κ3) is 3.45. The van der Waals surface area contributed by atoms with Crippen LogP contribution in [0.1, 0.15) is 39.2 Å². The van der Waals surface area contributed by atoms with E-state index in [1.807, 2.05) is 6.92 Å². The van der Waals surface area contributed by atoms with Crippen molar-refractivity contribution in [3.05, 3.63) is 64.6 Å². The van der Waals surface area contributed by atoms with Crippen LogP contribution in [0, 0.1) is 19.7 Å². The van der Waals surface area contributed by atoms with Gasteiger partial charge < -0.3 is 14.7 Å². The van der Waals surface area contributed by atoms with Gasteiger partial charge >= 0.3 is 0 Å². The molecule has 0 saturated heterocycles. The lowest BCUT2D eigenvalue weighted by molar-refractivity contribution is -0.118. The number of fused-ring (bicyclic) bond motifs is 1. The Hall–Kier alpha value is -3.55. The van der Waals surface area contributed by atoms with Crippen molar-refractivity contribution >= 4 is 17.5 Å². The first kappa shape index (κ1) is 19.8. The summed E-state index contributed by atoms with van der Waals surface area (Å²) in [6.45, 7) is 3.77. The molecule has 0 spiro atoms. The van der Waals surface area contributed by atoms with E-state index in [9.17, 15) is 14.0 Å². The molecule has 3 aromatic rings. The van der Waals surface area contributed by atoms with Crippen molar-refractivity contribution in [3.63, 3.8) is 0 Å². The molecule has 0 fully saturated rings. The van der Waals surface area contributed by atoms with Gasteiger partial charge in [-0.25, -0.2) is 4.39 Å². The largest absolute Gasteiger partial charge is 0.361 e. The standard InChI is InChI=1S/C22H21FN4O3/c1-12-15(9-25-22(29)18-11-26-30-13(18)2)8-24-10-17(12)16-6-14-4-5-21(28)27(3)20(14)7-19(16)23/h6-8,10-11H,4-5,9H2,1-3H3,(H,25,29). The van der Waals surface area contributed by atoms with E-state index in [-0.39, 0.29) is 18.4 Å². The zero-order chi connectivity index (χ0) is 21.4. The lowest BCUT2D eigenvalue weighted by Gasteiger charge is -2.26. The molecule has 0 bridgehead atoms. The highest BCUT2D eigenvalue weighted by atomic mass is 19.1. The highest BCUT2D eigenvalue weighted by Crippen LogP contribution is 2.35. The lowest BCUT2D eigenvalue weighted by atomic mass is 9.93. The lowest BCUT2D eigenvalue weighted by Crippen LogP contribution is -2.31. The van der Waals surface area contributed by atoms with Crippen LogP contribution in [0.4, 0.5) is 10.1 Å². The maximum Gasteiger partial charge on any atom is 0.256 e. The highest BCUT2D eigenvalue weighted by Gasteiger charge is 2.24. The predicted molar refractivity (Wildman–Crippen MR) is 109 cm³/mol. The van der Waals surface area contributed by atoms with E-state index in [2.05, 4.69) is 15.5 Å². The van der Waals surface area contributed by atoms with Crippen molar-refractivity contribution in [1.82, 2.24) is 15.5 Å². The van der Waals surface area contributed by atoms with Gasteiger partial charge in [-0.15, -0.1) is 0 Å². The fourth-order valence-corrected chi connectivity index (χ4v) is 3.68. The van der Waals surface area contributed by atoms with Gasteiger partial charge in [0.15, 0.2) is 0 Å². The van der Waals surface area contributed by atoms with E-state index in [1.165, 1.54) is 17.2 Å². The molecule has 2 aromatic heterocycles. The number of aromatic nitrogens is 2. The highest BCUT2D eigenvalue weighted by molar-refractivity contribution is 5.96. The zero-order valence-corrected chi connectivity index (χ0v) is 17.0. The normalized spacial score (nSPS) is 13.3. The Balaban J connectivity index is 1.63. The molecule has 0 atom stereocenters. The summed E-state index contributed by atoms with van der Waals surface area (Å²) in [5.41, 5.74) is 4.59. The van der Waals surface area contributed by atoms with Crippen LogP contribution in [0.5, 0.6) is 0 Å². The van der Waals surface area contributed by atoms with Gasteiger partial charge in [0.05, 0.1) is 6.20 Å². The molecule has 0 unspecified atom stereocenters. The summed E-state index contributed by atoms with van der Waals surface area (Å²) in [4.78, 5) is 30.0. The summed E-state index contributed by atoms with van der Waals surface area (Å²) in [7, 11) is 1.66. The van der Waals surface area contributed by atoms with Gasteiger partial charge in [0.25, 0.3) is 5.91 Å². The molecule has 0 saturated carbocycles. The van der Waals surface area contributed by atoms with Gasteiger partial charge in [-0.05, 0) is 49.1 Å². The van der Waals surface area contributed by atoms with E-state index in [1.54, 1.807) is 32.4 Å². The van der Waals surface area contributed by atoms with Crippen molar-refractivity contribution in [3.8, 4) is 11.1 Å². The van der Waals surface area contributed by atoms with Crippen LogP contribution in [0.2, 0.25) is 0 Å². The van der Waals surface area contributed by atoms with Gasteiger partial charge in [-0.2, -0.15) is 0 Å². The Morgan fingerprint density at radius 3 is 2.73 bits per heavy atom. The number of carbonyl (C=O) groups excluding carboxylic acids is 2. The van der Waals surface area contributed by atoms with Crippen LogP contribution in [-0.2, 0) is 17.8 Å². The molecule has 4 rings (SSSR count). The van der Waals surface area contributed by atoms with Crippen LogP contribution >= 0.6 is 0 Å². The minimum atomic E-state index is -0.415. The number of halogens is 1. The van der Waals surface area contributed by atoms with Gasteiger partial charge in [0.2, 0.25) is 5.91 Å². The van der Waals surface area contributed by atoms with E-state index < -0.39 is 5.82 Å². The van der Waals surface area contributed by atoms with Gasteiger partial charge in [-0.1, -0.05) is 5.16 Å². The van der Waals surface area contributed by atoms with Gasteiger partial charge in [0, 0.05) is 49.2 Å². The van der Waals surface area contributed by atoms with Crippen molar-refractivity contribution in [2.24, 2.45) is 0 Å². The van der Waals surface area contributed by atoms with Gasteiger partial charge in [0.1, 0.15) is 17.1 Å². The first-order valence-electron chi connectivity index (χ1n) is 9.59. The third-order valence-electron chi connectivity index (χ3n) is 5.56. The average molecular weight is 408 g/mol. The number of nitrogens with zero attached hydrogens (tertiary/aromatic N) is 3. The number of nitrogens with one attached hydrogen (secondary N) is 1. The summed E-state index contributed by atoms with van der Waals surface area (Å²) in [6, 6.07) is 3.20. The number of carbonyl (C=O) groups is 2. The number of benzene rings is 1. The summed E-state index contributed by atoms with van der Waals surface area (Å²) in [6.07, 6.45) is 5.62. The fourth-order valence-electron chi connectivity index (χ4n) is 3.68. The topological polar surface area (TPSA) is 88.3 Å². The molecule has 30 heavy (non-hydrogen) atoms. The first-order valence-corrected chi connectivity index (χ1v) is 9.59. The van der Waals surface area contributed by atoms with E-state index >= 15 is 0 Å². The van der Waals surface area contributed by atoms with Gasteiger partial charge in [-0.3, -0.25) is 14.6 Å². The van der Waals surface area contributed by atoms with E-state index in [0.29, 0.717) is 41.0 Å². The number of pyridine rings is 1. The Kier molecular flexibility index (Phi) is 5.07. The maximum atomic E-state index is 15.0. The Bertz CT molecular complexity index is 1160. The molecule has 154 valence electrons. The second-order valence-electron chi connectivity index (χ2n) is 7.36. The minimum absolute atomic E-state index is 0.0201. The molecule has 3 heterocycles. The molecular weight excluding hydrogens is 387 g/mol. The zero-order valence-electron chi connectivity index (χ0n) is 17.0. The second kappa shape index (κ2) is 7.70. The number of anilines is 1. The number of aryl methyl sites for hydroxylation is 2. The van der Waals surface area contributed by atoms with Crippen molar-refractivity contribution in [2.45, 2.75) is 33.2 Å². The van der Waals surface area contributed by atoms with Crippen molar-refractivity contribution < 1.29 is 18.5 Å². The second-order valence-corrected chi connectivity index (χ2v) is 7.36. The molecule has 1 aliphatic heterocycles. The van der Waals surface area contributed by atoms with Crippen molar-refractivity contribution in [1.29, 1.82) is 0 Å². The first-order chi connectivity index (χ1) is 14.4. The summed E-state index contributed by atoms with van der Waals surface area (Å²) < 4.78 is 19.9. The Morgan fingerprint density at radius 2 is 2.00 bits per heavy atom. The third-order valence-corrected chi connectivity index (χ3v) is 5.56. The van der Waals surface area contributed by atoms with Crippen LogP contribution in [0.3, 0.4) is 0 Å². The number of rotatable bonds is 4. The summed E-state index contributed by atoms with van der Waals surface area (Å²) in [5, 5.41) is 6.43. The van der Waals surface area contributed by atoms with Crippen LogP contribution in [0.15, 0.2) is 35.2 Å². The Morgan fingerprint density at radius 1 is 1.20 bits per heavy atom. The molecular formula is C22H21FN4O3. The monoisotopic (exact) mass is 408 g/mol. The molecule has 0 aliphatic carbocycles. The summed E-state index contributed by atoms with van der Waals surface area (Å²) >= 11 is 0. The van der Waals surface area contributed by atoms with Crippen LogP contribution < -0.4 is 10.2 Å². The molecule has 1 N–H and O–H groups in total. The minimum Gasteiger partial charge on any atom is -0.361 e. The molecule has 0 radical (unpaired) electrons. The number of hydrogen-bond acceptors (Lipinski definition) is 5. The number of hydrogen-bond donors (Lipinski definition) is 1. The maximum absolute atomic E-state index is 15.0. The molecule has 8 heteroatoms. The van der Waals surface area contributed by atoms with Crippen LogP contribution in [0.25, 0.3) is 11.1 Å². The fraction of sp³-hybridized carbons (Fsp3) is 0.273. The smallest absolute Gasteiger partial charge is 0.256 e. The summed E-state index contributed by atoms with van der Waals surface area (Å²) in [5.74, 6) is -0.295. The molecule has 1 aromatic carbocycles. The number of amides is 2. The van der Waals surface area contributed by atoms with Crippen molar-refractivity contribution in [2.75, 3.05) is 11.9 Å². The molecule has 7 nitrogen and oxygen atoms in total. The SMILES string of the molecule is Cc1oncc1C(=O)NCc1cncc(-c2cc3c(cc2F)N(C)C(=O)CC3)c1C. The quantitative estimate of drug-likeness (QED) is 0.715. The predicted octanol–water partition coefficient (Wildman–Crippen LogP) is 3.33. The Labute approximate surface area is 172 Å². The average Bonchev–Trinajstić information content (AvgIpc) is 3.16. The van der Waals surface area contributed by atoms with E-state index in [4.69, 9.17) is 4.52 Å². The molecule has 1 aliphatic rings. The van der Waals surface area contributed by atoms with Crippen LogP contribution in [-0.4, -0.2) is 29.0 Å². The van der Waals surface area contributed by atoms with E-state index in [0.717, 1.165) is 16.7 Å². The molecule has 2 amide bonds.